The van der Waals surface area contributed by atoms with Gasteiger partial charge in [-0.05, 0) is 43.4 Å². The van der Waals surface area contributed by atoms with Crippen LogP contribution in [0.3, 0.4) is 0 Å². The molecular weight excluding hydrogens is 316 g/mol. The van der Waals surface area contributed by atoms with Crippen molar-refractivity contribution < 1.29 is 9.47 Å². The largest absolute Gasteiger partial charge is 0.467 e. The number of rotatable bonds is 8. The Kier molecular flexibility index (Phi) is 7.40. The zero-order valence-electron chi connectivity index (χ0n) is 10.5. The summed E-state index contributed by atoms with van der Waals surface area (Å²) in [6, 6.07) is 3.75. The Balaban J connectivity index is 2.65. The van der Waals surface area contributed by atoms with Gasteiger partial charge in [0.25, 0.3) is 0 Å². The Morgan fingerprint density at radius 3 is 2.78 bits per heavy atom. The lowest BCUT2D eigenvalue weighted by Gasteiger charge is -2.11. The summed E-state index contributed by atoms with van der Waals surface area (Å²) in [5.41, 5.74) is 1.13. The number of hydrogen-bond donors (Lipinski definition) is 0. The molecule has 100 valence electrons. The summed E-state index contributed by atoms with van der Waals surface area (Å²) in [4.78, 5) is 0. The van der Waals surface area contributed by atoms with Crippen LogP contribution in [0.5, 0.6) is 5.75 Å². The molecule has 0 amide bonds. The third kappa shape index (κ3) is 5.01. The van der Waals surface area contributed by atoms with E-state index < -0.39 is 0 Å². The monoisotopic (exact) mass is 332 g/mol. The highest BCUT2D eigenvalue weighted by atomic mass is 79.9. The molecule has 0 spiro atoms. The first-order valence-electron chi connectivity index (χ1n) is 5.89. The molecule has 0 fully saturated rings. The molecule has 0 aliphatic heterocycles. The van der Waals surface area contributed by atoms with E-state index in [4.69, 9.17) is 21.1 Å². The van der Waals surface area contributed by atoms with Gasteiger partial charge in [-0.2, -0.15) is 0 Å². The minimum absolute atomic E-state index is 0.224. The van der Waals surface area contributed by atoms with Gasteiger partial charge in [0.15, 0.2) is 6.79 Å². The van der Waals surface area contributed by atoms with Crippen molar-refractivity contribution in [3.63, 3.8) is 0 Å². The topological polar surface area (TPSA) is 18.5 Å². The molecule has 0 atom stereocenters. The van der Waals surface area contributed by atoms with E-state index in [-0.39, 0.29) is 6.79 Å². The van der Waals surface area contributed by atoms with Crippen molar-refractivity contribution in [1.82, 2.24) is 0 Å². The lowest BCUT2D eigenvalue weighted by molar-refractivity contribution is 0.0511. The maximum absolute atomic E-state index is 6.26. The zero-order chi connectivity index (χ0) is 13.4. The van der Waals surface area contributed by atoms with Crippen LogP contribution in [-0.4, -0.2) is 13.9 Å². The Labute approximate surface area is 122 Å². The van der Waals surface area contributed by atoms with E-state index >= 15 is 0 Å². The number of allylic oxidation sites excluding steroid dienone is 1. The average molecular weight is 334 g/mol. The van der Waals surface area contributed by atoms with Crippen LogP contribution in [0.15, 0.2) is 29.3 Å². The van der Waals surface area contributed by atoms with Crippen LogP contribution >= 0.6 is 27.5 Å². The van der Waals surface area contributed by atoms with E-state index in [9.17, 15) is 0 Å². The summed E-state index contributed by atoms with van der Waals surface area (Å²) in [5.74, 6) is 0.712. The Bertz CT molecular complexity index is 370. The van der Waals surface area contributed by atoms with Gasteiger partial charge in [0.2, 0.25) is 0 Å². The first-order valence-corrected chi connectivity index (χ1v) is 7.06. The lowest BCUT2D eigenvalue weighted by Crippen LogP contribution is -1.99. The molecule has 0 radical (unpaired) electrons. The van der Waals surface area contributed by atoms with Gasteiger partial charge < -0.3 is 9.47 Å². The summed E-state index contributed by atoms with van der Waals surface area (Å²) in [7, 11) is 1.59. The molecule has 0 unspecified atom stereocenters. The zero-order valence-corrected chi connectivity index (χ0v) is 12.9. The number of halogens is 2. The molecule has 0 saturated carbocycles. The fraction of sp³-hybridized carbons (Fsp3) is 0.429. The Morgan fingerprint density at radius 1 is 1.39 bits per heavy atom. The molecule has 4 heteroatoms. The van der Waals surface area contributed by atoms with Gasteiger partial charge in [-0.3, -0.25) is 0 Å². The summed E-state index contributed by atoms with van der Waals surface area (Å²) in [5, 5.41) is 0.731. The first kappa shape index (κ1) is 15.5. The maximum Gasteiger partial charge on any atom is 0.188 e. The molecule has 0 heterocycles. The van der Waals surface area contributed by atoms with Gasteiger partial charge in [-0.25, -0.2) is 0 Å². The van der Waals surface area contributed by atoms with Crippen molar-refractivity contribution in [3.8, 4) is 5.75 Å². The van der Waals surface area contributed by atoms with Crippen LogP contribution in [0.4, 0.5) is 0 Å². The van der Waals surface area contributed by atoms with E-state index in [1.54, 1.807) is 7.11 Å². The summed E-state index contributed by atoms with van der Waals surface area (Å²) < 4.78 is 11.2. The molecule has 1 aromatic rings. The molecule has 18 heavy (non-hydrogen) atoms. The molecule has 0 aliphatic rings. The minimum atomic E-state index is 0.224. The normalized spacial score (nSPS) is 10.4. The Hall–Kier alpha value is -0.510. The van der Waals surface area contributed by atoms with Gasteiger partial charge in [-0.1, -0.05) is 33.6 Å². The number of unbranched alkanes of at least 4 members (excludes halogenated alkanes) is 2. The van der Waals surface area contributed by atoms with Crippen LogP contribution in [0.1, 0.15) is 24.8 Å². The van der Waals surface area contributed by atoms with Crippen molar-refractivity contribution >= 4 is 27.5 Å². The molecule has 1 rings (SSSR count). The summed E-state index contributed by atoms with van der Waals surface area (Å²) in [6.45, 7) is 3.94. The van der Waals surface area contributed by atoms with Gasteiger partial charge in [0.1, 0.15) is 5.75 Å². The van der Waals surface area contributed by atoms with Crippen LogP contribution in [0.2, 0.25) is 5.02 Å². The molecule has 1 aromatic carbocycles. The van der Waals surface area contributed by atoms with E-state index in [0.717, 1.165) is 40.7 Å². The second-order valence-corrected chi connectivity index (χ2v) is 5.21. The number of methoxy groups -OCH3 is 1. The molecule has 2 nitrogen and oxygen atoms in total. The van der Waals surface area contributed by atoms with Crippen molar-refractivity contribution in [1.29, 1.82) is 0 Å². The molecule has 0 aliphatic carbocycles. The van der Waals surface area contributed by atoms with E-state index in [1.807, 2.05) is 18.2 Å². The predicted octanol–water partition coefficient (Wildman–Crippen LogP) is 4.98. The summed E-state index contributed by atoms with van der Waals surface area (Å²) in [6.07, 6.45) is 6.18. The van der Waals surface area contributed by atoms with Crippen molar-refractivity contribution in [2.24, 2.45) is 0 Å². The molecule has 0 bridgehead atoms. The lowest BCUT2D eigenvalue weighted by atomic mass is 10.1. The van der Waals surface area contributed by atoms with Crippen LogP contribution in [0.25, 0.3) is 0 Å². The fourth-order valence-electron chi connectivity index (χ4n) is 1.62. The second kappa shape index (κ2) is 8.57. The fourth-order valence-corrected chi connectivity index (χ4v) is 2.67. The van der Waals surface area contributed by atoms with Gasteiger partial charge in [0, 0.05) is 16.6 Å². The van der Waals surface area contributed by atoms with Crippen LogP contribution in [0, 0.1) is 0 Å². The Morgan fingerprint density at radius 2 is 2.17 bits per heavy atom. The SMILES string of the molecule is C=CCCCCc1c(Cl)cc(OCOC)cc1Br. The number of ether oxygens (including phenoxy) is 2. The smallest absolute Gasteiger partial charge is 0.188 e. The van der Waals surface area contributed by atoms with Crippen LogP contribution < -0.4 is 4.74 Å². The highest BCUT2D eigenvalue weighted by Crippen LogP contribution is 2.31. The van der Waals surface area contributed by atoms with Crippen molar-refractivity contribution in [3.05, 3.63) is 39.8 Å². The van der Waals surface area contributed by atoms with Gasteiger partial charge in [0.05, 0.1) is 0 Å². The highest BCUT2D eigenvalue weighted by Gasteiger charge is 2.08. The molecular formula is C14H18BrClO2. The van der Waals surface area contributed by atoms with E-state index in [0.29, 0.717) is 5.75 Å². The van der Waals surface area contributed by atoms with E-state index in [1.165, 1.54) is 0 Å². The third-order valence-corrected chi connectivity index (χ3v) is 3.59. The summed E-state index contributed by atoms with van der Waals surface area (Å²) >= 11 is 9.79. The van der Waals surface area contributed by atoms with Gasteiger partial charge >= 0.3 is 0 Å². The average Bonchev–Trinajstić information content (AvgIpc) is 2.34. The number of benzene rings is 1. The van der Waals surface area contributed by atoms with Crippen molar-refractivity contribution in [2.75, 3.05) is 13.9 Å². The maximum atomic E-state index is 6.26. The minimum Gasteiger partial charge on any atom is -0.467 e. The molecule has 0 saturated heterocycles. The number of hydrogen-bond acceptors (Lipinski definition) is 2. The van der Waals surface area contributed by atoms with Crippen molar-refractivity contribution in [2.45, 2.75) is 25.7 Å². The highest BCUT2D eigenvalue weighted by molar-refractivity contribution is 9.10. The quantitative estimate of drug-likeness (QED) is 0.379. The standard InChI is InChI=1S/C14H18BrClO2/c1-3-4-5-6-7-12-13(15)8-11(9-14(12)16)18-10-17-2/h3,8-9H,1,4-7,10H2,2H3. The van der Waals surface area contributed by atoms with E-state index in [2.05, 4.69) is 22.5 Å². The van der Waals surface area contributed by atoms with Gasteiger partial charge in [-0.15, -0.1) is 6.58 Å². The van der Waals surface area contributed by atoms with Crippen LogP contribution in [-0.2, 0) is 11.2 Å². The first-order chi connectivity index (χ1) is 8.69. The molecule has 0 N–H and O–H groups in total. The second-order valence-electron chi connectivity index (χ2n) is 3.95. The molecule has 0 aromatic heterocycles. The predicted molar refractivity (Wildman–Crippen MR) is 79.4 cm³/mol. The third-order valence-electron chi connectivity index (χ3n) is 2.54.